The third-order valence-electron chi connectivity index (χ3n) is 4.96. The van der Waals surface area contributed by atoms with Crippen LogP contribution >= 0.6 is 0 Å². The summed E-state index contributed by atoms with van der Waals surface area (Å²) in [7, 11) is -1.41. The first kappa shape index (κ1) is 22.6. The number of rotatable bonds is 13. The van der Waals surface area contributed by atoms with E-state index < -0.39 is 14.2 Å². The van der Waals surface area contributed by atoms with Gasteiger partial charge < -0.3 is 14.7 Å². The minimum atomic E-state index is -1.41. The minimum Gasteiger partial charge on any atom is -0.389 e. The highest BCUT2D eigenvalue weighted by molar-refractivity contribution is 6.85. The Morgan fingerprint density at radius 1 is 1.22 bits per heavy atom. The molecule has 0 unspecified atom stereocenters. The van der Waals surface area contributed by atoms with Crippen molar-refractivity contribution in [3.8, 4) is 0 Å². The largest absolute Gasteiger partial charge is 0.389 e. The highest BCUT2D eigenvalue weighted by Crippen LogP contribution is 2.25. The summed E-state index contributed by atoms with van der Waals surface area (Å²) in [5.74, 6) is 0. The molecule has 23 heavy (non-hydrogen) atoms. The third kappa shape index (κ3) is 8.84. The molecule has 0 rings (SSSR count). The van der Waals surface area contributed by atoms with Gasteiger partial charge in [0.15, 0.2) is 0 Å². The first-order valence-corrected chi connectivity index (χ1v) is 12.1. The molecule has 0 fully saturated rings. The molecule has 4 heteroatoms. The number of nitrogens with zero attached hydrogens (tertiary/aromatic N) is 1. The van der Waals surface area contributed by atoms with Crippen LogP contribution in [0.25, 0.3) is 0 Å². The molecule has 136 valence electrons. The summed E-state index contributed by atoms with van der Waals surface area (Å²) in [4.78, 5) is 2.23. The maximum Gasteiger partial charge on any atom is 0.0900 e. The first-order valence-electron chi connectivity index (χ1n) is 9.14. The molecule has 0 bridgehead atoms. The topological polar surface area (TPSA) is 32.7 Å². The first-order chi connectivity index (χ1) is 10.8. The number of aliphatic hydroxyl groups is 1. The van der Waals surface area contributed by atoms with Crippen molar-refractivity contribution in [2.75, 3.05) is 32.8 Å². The lowest BCUT2D eigenvalue weighted by Gasteiger charge is -2.29. The second kappa shape index (κ2) is 12.0. The maximum absolute atomic E-state index is 10.1. The molecule has 0 spiro atoms. The van der Waals surface area contributed by atoms with Crippen LogP contribution in [-0.4, -0.2) is 57.0 Å². The Morgan fingerprint density at radius 3 is 2.22 bits per heavy atom. The second-order valence-corrected chi connectivity index (χ2v) is 12.0. The van der Waals surface area contributed by atoms with Crippen molar-refractivity contribution in [1.29, 1.82) is 0 Å². The van der Waals surface area contributed by atoms with Crippen LogP contribution in [0.2, 0.25) is 18.6 Å². The van der Waals surface area contributed by atoms with Crippen molar-refractivity contribution in [2.45, 2.75) is 65.8 Å². The molecule has 0 aliphatic carbocycles. The van der Waals surface area contributed by atoms with Crippen LogP contribution < -0.4 is 0 Å². The Hall–Kier alpha value is -0.423. The predicted octanol–water partition coefficient (Wildman–Crippen LogP) is 4.26. The highest BCUT2D eigenvalue weighted by Gasteiger charge is 2.27. The van der Waals surface area contributed by atoms with Gasteiger partial charge in [0, 0.05) is 6.54 Å². The van der Waals surface area contributed by atoms with E-state index in [1.165, 1.54) is 22.9 Å². The summed E-state index contributed by atoms with van der Waals surface area (Å²) in [6, 6.07) is 2.47. The fourth-order valence-electron chi connectivity index (χ4n) is 2.62. The smallest absolute Gasteiger partial charge is 0.0900 e. The number of ether oxygens (including phenoxy) is 1. The molecule has 0 aromatic rings. The lowest BCUT2D eigenvalue weighted by Crippen LogP contribution is -2.37. The van der Waals surface area contributed by atoms with Gasteiger partial charge in [0.25, 0.3) is 0 Å². The molecule has 1 atom stereocenters. The molecular formula is C19H39NO2Si. The molecule has 0 aromatic heterocycles. The Labute approximate surface area is 145 Å². The van der Waals surface area contributed by atoms with Crippen molar-refractivity contribution < 1.29 is 9.84 Å². The van der Waals surface area contributed by atoms with E-state index in [0.29, 0.717) is 19.8 Å². The number of likely N-dealkylation sites (N-methyl/N-ethyl adjacent to an activating group) is 1. The molecule has 0 aliphatic rings. The van der Waals surface area contributed by atoms with Gasteiger partial charge in [-0.05, 0) is 26.4 Å². The van der Waals surface area contributed by atoms with Gasteiger partial charge in [0.05, 0.1) is 27.4 Å². The van der Waals surface area contributed by atoms with Crippen molar-refractivity contribution in [1.82, 2.24) is 4.90 Å². The molecule has 0 saturated heterocycles. The zero-order valence-corrected chi connectivity index (χ0v) is 17.3. The fraction of sp³-hybridized carbons (Fsp3) is 0.789. The van der Waals surface area contributed by atoms with E-state index in [0.717, 1.165) is 19.5 Å². The van der Waals surface area contributed by atoms with E-state index in [4.69, 9.17) is 4.74 Å². The van der Waals surface area contributed by atoms with E-state index >= 15 is 0 Å². The summed E-state index contributed by atoms with van der Waals surface area (Å²) >= 11 is 0. The average Bonchev–Trinajstić information content (AvgIpc) is 2.54. The summed E-state index contributed by atoms with van der Waals surface area (Å²) in [5, 5.41) is 11.6. The van der Waals surface area contributed by atoms with Gasteiger partial charge >= 0.3 is 0 Å². The molecule has 0 heterocycles. The fourth-order valence-corrected chi connectivity index (χ4v) is 5.07. The number of aliphatic hydroxyl groups excluding tert-OH is 1. The van der Waals surface area contributed by atoms with Gasteiger partial charge in [-0.2, -0.15) is 0 Å². The van der Waals surface area contributed by atoms with E-state index in [-0.39, 0.29) is 0 Å². The van der Waals surface area contributed by atoms with E-state index in [2.05, 4.69) is 58.7 Å². The summed E-state index contributed by atoms with van der Waals surface area (Å²) in [6.45, 7) is 21.0. The summed E-state index contributed by atoms with van der Waals surface area (Å²) < 4.78 is 5.89. The summed E-state index contributed by atoms with van der Waals surface area (Å²) in [5.41, 5.74) is 1.19. The maximum atomic E-state index is 10.1. The SMILES string of the molecule is C=C(C)C/C=C(/COC[C@H](O)CN(CC)CC)[Si](C)(CC)CC. The van der Waals surface area contributed by atoms with Gasteiger partial charge in [0.2, 0.25) is 0 Å². The van der Waals surface area contributed by atoms with Crippen LogP contribution in [0, 0.1) is 0 Å². The molecule has 0 amide bonds. The van der Waals surface area contributed by atoms with E-state index in [1.54, 1.807) is 0 Å². The van der Waals surface area contributed by atoms with E-state index in [1.807, 2.05) is 0 Å². The van der Waals surface area contributed by atoms with Crippen LogP contribution in [0.1, 0.15) is 41.0 Å². The lowest BCUT2D eigenvalue weighted by molar-refractivity contribution is 0.0271. The summed E-state index contributed by atoms with van der Waals surface area (Å²) in [6.07, 6.45) is 2.86. The molecular weight excluding hydrogens is 302 g/mol. The average molecular weight is 342 g/mol. The number of hydrogen-bond acceptors (Lipinski definition) is 3. The zero-order valence-electron chi connectivity index (χ0n) is 16.3. The normalized spacial score (nSPS) is 14.3. The lowest BCUT2D eigenvalue weighted by atomic mass is 10.2. The van der Waals surface area contributed by atoms with Crippen LogP contribution in [-0.2, 0) is 4.74 Å². The molecule has 0 aliphatic heterocycles. The van der Waals surface area contributed by atoms with E-state index in [9.17, 15) is 5.11 Å². The van der Waals surface area contributed by atoms with Crippen molar-refractivity contribution >= 4 is 8.07 Å². The Morgan fingerprint density at radius 2 is 1.78 bits per heavy atom. The van der Waals surface area contributed by atoms with Crippen LogP contribution in [0.5, 0.6) is 0 Å². The predicted molar refractivity (Wildman–Crippen MR) is 105 cm³/mol. The minimum absolute atomic E-state index is 0.409. The molecule has 0 radical (unpaired) electrons. The number of allylic oxidation sites excluding steroid dienone is 2. The van der Waals surface area contributed by atoms with Crippen LogP contribution in [0.3, 0.4) is 0 Å². The van der Waals surface area contributed by atoms with Crippen molar-refractivity contribution in [3.05, 3.63) is 23.4 Å². The van der Waals surface area contributed by atoms with Gasteiger partial charge in [-0.1, -0.05) is 69.8 Å². The molecule has 3 nitrogen and oxygen atoms in total. The van der Waals surface area contributed by atoms with Crippen molar-refractivity contribution in [3.63, 3.8) is 0 Å². The van der Waals surface area contributed by atoms with Gasteiger partial charge in [0.1, 0.15) is 0 Å². The Balaban J connectivity index is 4.62. The molecule has 0 saturated carbocycles. The monoisotopic (exact) mass is 341 g/mol. The molecule has 0 aromatic carbocycles. The van der Waals surface area contributed by atoms with Gasteiger partial charge in [-0.3, -0.25) is 0 Å². The van der Waals surface area contributed by atoms with Crippen molar-refractivity contribution in [2.24, 2.45) is 0 Å². The number of hydrogen-bond donors (Lipinski definition) is 1. The zero-order chi connectivity index (χ0) is 17.9. The third-order valence-corrected chi connectivity index (χ3v) is 9.98. The Bertz CT molecular complexity index is 360. The quantitative estimate of drug-likeness (QED) is 0.401. The second-order valence-electron chi connectivity index (χ2n) is 6.81. The van der Waals surface area contributed by atoms with Crippen LogP contribution in [0.4, 0.5) is 0 Å². The Kier molecular flexibility index (Phi) is 11.8. The standard InChI is InChI=1S/C19H39NO2Si/c1-8-20(9-2)14-18(21)15-22-16-19(13-12-17(5)6)23(7,10-3)11-4/h13,18,21H,5,8-12,14-16H2,1-4,6-7H3/b19-13-/t18-/m1/s1. The van der Waals surface area contributed by atoms with Crippen LogP contribution in [0.15, 0.2) is 23.4 Å². The highest BCUT2D eigenvalue weighted by atomic mass is 28.3. The molecule has 1 N–H and O–H groups in total. The van der Waals surface area contributed by atoms with Gasteiger partial charge in [-0.15, -0.1) is 0 Å². The van der Waals surface area contributed by atoms with Gasteiger partial charge in [-0.25, -0.2) is 0 Å².